The highest BCUT2D eigenvalue weighted by Crippen LogP contribution is 2.25. The molecule has 184 valence electrons. The van der Waals surface area contributed by atoms with Crippen molar-refractivity contribution >= 4 is 27.3 Å². The summed E-state index contributed by atoms with van der Waals surface area (Å²) in [5.41, 5.74) is 4.53. The summed E-state index contributed by atoms with van der Waals surface area (Å²) in [6.45, 7) is 6.01. The van der Waals surface area contributed by atoms with Gasteiger partial charge in [-0.15, -0.1) is 0 Å². The number of rotatable bonds is 8. The Hall–Kier alpha value is -3.32. The van der Waals surface area contributed by atoms with Crippen LogP contribution in [0.1, 0.15) is 36.0 Å². The first-order valence-corrected chi connectivity index (χ1v) is 13.5. The number of benzene rings is 3. The smallest absolute Gasteiger partial charge is 0.264 e. The molecule has 1 aliphatic rings. The van der Waals surface area contributed by atoms with Crippen LogP contribution in [0.5, 0.6) is 0 Å². The van der Waals surface area contributed by atoms with E-state index in [2.05, 4.69) is 22.3 Å². The number of amides is 1. The summed E-state index contributed by atoms with van der Waals surface area (Å²) in [6.07, 6.45) is 3.74. The van der Waals surface area contributed by atoms with Gasteiger partial charge in [0.2, 0.25) is 5.91 Å². The van der Waals surface area contributed by atoms with Crippen LogP contribution in [0.4, 0.5) is 11.4 Å². The molecule has 0 radical (unpaired) electrons. The van der Waals surface area contributed by atoms with E-state index in [1.807, 2.05) is 32.0 Å². The summed E-state index contributed by atoms with van der Waals surface area (Å²) in [5, 5.41) is 2.89. The SMILES string of the molecule is Cc1ccc(S(=O)(=O)N(CC(=O)NCc2ccc(N3CCCCC3)cc2)c2cccc(C)c2)cc1. The standard InChI is InChI=1S/C28H33N3O3S/c1-22-9-15-27(16-10-22)35(33,34)31(26-8-6-7-23(2)19-26)21-28(32)29-20-24-11-13-25(14-12-24)30-17-4-3-5-18-30/h6-16,19H,3-5,17-18,20-21H2,1-2H3,(H,29,32). The minimum atomic E-state index is -3.92. The fourth-order valence-corrected chi connectivity index (χ4v) is 5.71. The largest absolute Gasteiger partial charge is 0.372 e. The van der Waals surface area contributed by atoms with Crippen LogP contribution in [0.25, 0.3) is 0 Å². The van der Waals surface area contributed by atoms with Gasteiger partial charge in [-0.05, 0) is 80.6 Å². The maximum absolute atomic E-state index is 13.5. The van der Waals surface area contributed by atoms with Crippen molar-refractivity contribution in [2.75, 3.05) is 28.8 Å². The summed E-state index contributed by atoms with van der Waals surface area (Å²) in [4.78, 5) is 15.5. The van der Waals surface area contributed by atoms with Gasteiger partial charge in [0.05, 0.1) is 10.6 Å². The Morgan fingerprint density at radius 3 is 2.23 bits per heavy atom. The zero-order valence-corrected chi connectivity index (χ0v) is 21.2. The second kappa shape index (κ2) is 11.0. The van der Waals surface area contributed by atoms with E-state index in [9.17, 15) is 13.2 Å². The molecule has 3 aromatic rings. The molecule has 0 unspecified atom stereocenters. The summed E-state index contributed by atoms with van der Waals surface area (Å²) >= 11 is 0. The molecule has 0 aliphatic carbocycles. The van der Waals surface area contributed by atoms with E-state index in [0.29, 0.717) is 12.2 Å². The molecule has 1 fully saturated rings. The normalized spacial score (nSPS) is 13.9. The molecule has 4 rings (SSSR count). The lowest BCUT2D eigenvalue weighted by atomic mass is 10.1. The van der Waals surface area contributed by atoms with E-state index in [1.165, 1.54) is 29.3 Å². The molecule has 0 spiro atoms. The molecule has 35 heavy (non-hydrogen) atoms. The highest BCUT2D eigenvalue weighted by atomic mass is 32.2. The van der Waals surface area contributed by atoms with Gasteiger partial charge in [-0.25, -0.2) is 8.42 Å². The Morgan fingerprint density at radius 2 is 1.57 bits per heavy atom. The highest BCUT2D eigenvalue weighted by molar-refractivity contribution is 7.92. The topological polar surface area (TPSA) is 69.7 Å². The predicted octanol–water partition coefficient (Wildman–Crippen LogP) is 4.81. The van der Waals surface area contributed by atoms with Crippen LogP contribution >= 0.6 is 0 Å². The van der Waals surface area contributed by atoms with E-state index >= 15 is 0 Å². The lowest BCUT2D eigenvalue weighted by Crippen LogP contribution is -2.40. The van der Waals surface area contributed by atoms with E-state index in [0.717, 1.165) is 29.8 Å². The molecule has 1 N–H and O–H groups in total. The Balaban J connectivity index is 1.47. The van der Waals surface area contributed by atoms with Gasteiger partial charge in [-0.2, -0.15) is 0 Å². The minimum Gasteiger partial charge on any atom is -0.372 e. The Labute approximate surface area is 208 Å². The van der Waals surface area contributed by atoms with Crippen LogP contribution in [0.3, 0.4) is 0 Å². The molecule has 3 aromatic carbocycles. The van der Waals surface area contributed by atoms with Crippen LogP contribution in [-0.2, 0) is 21.4 Å². The Bertz CT molecular complexity index is 1250. The van der Waals surface area contributed by atoms with E-state index < -0.39 is 10.0 Å². The van der Waals surface area contributed by atoms with Crippen molar-refractivity contribution in [3.8, 4) is 0 Å². The molecular weight excluding hydrogens is 458 g/mol. The summed E-state index contributed by atoms with van der Waals surface area (Å²) in [7, 11) is -3.92. The van der Waals surface area contributed by atoms with Gasteiger partial charge in [0.15, 0.2) is 0 Å². The number of sulfonamides is 1. The number of piperidine rings is 1. The molecule has 0 aromatic heterocycles. The van der Waals surface area contributed by atoms with Crippen LogP contribution in [0.2, 0.25) is 0 Å². The molecule has 6 nitrogen and oxygen atoms in total. The van der Waals surface area contributed by atoms with Crippen LogP contribution in [0, 0.1) is 13.8 Å². The molecule has 1 aliphatic heterocycles. The lowest BCUT2D eigenvalue weighted by molar-refractivity contribution is -0.119. The zero-order chi connectivity index (χ0) is 24.8. The molecule has 0 bridgehead atoms. The maximum Gasteiger partial charge on any atom is 0.264 e. The van der Waals surface area contributed by atoms with Gasteiger partial charge >= 0.3 is 0 Å². The van der Waals surface area contributed by atoms with E-state index in [4.69, 9.17) is 0 Å². The van der Waals surface area contributed by atoms with Crippen molar-refractivity contribution in [2.45, 2.75) is 44.6 Å². The van der Waals surface area contributed by atoms with E-state index in [1.54, 1.807) is 42.5 Å². The fourth-order valence-electron chi connectivity index (χ4n) is 4.30. The number of carbonyl (C=O) groups is 1. The number of hydrogen-bond donors (Lipinski definition) is 1. The Morgan fingerprint density at radius 1 is 0.886 bits per heavy atom. The molecule has 1 amide bonds. The van der Waals surface area contributed by atoms with Crippen molar-refractivity contribution in [1.82, 2.24) is 5.32 Å². The molecule has 1 saturated heterocycles. The average molecular weight is 492 g/mol. The van der Waals surface area contributed by atoms with Gasteiger partial charge in [-0.3, -0.25) is 9.10 Å². The molecule has 1 heterocycles. The molecule has 0 saturated carbocycles. The maximum atomic E-state index is 13.5. The van der Waals surface area contributed by atoms with Gasteiger partial charge in [-0.1, -0.05) is 42.0 Å². The van der Waals surface area contributed by atoms with Gasteiger partial charge < -0.3 is 10.2 Å². The summed E-state index contributed by atoms with van der Waals surface area (Å²) < 4.78 is 28.2. The molecule has 0 atom stereocenters. The second-order valence-electron chi connectivity index (χ2n) is 9.15. The first kappa shape index (κ1) is 24.8. The van der Waals surface area contributed by atoms with Crippen molar-refractivity contribution in [1.29, 1.82) is 0 Å². The third-order valence-corrected chi connectivity index (χ3v) is 8.12. The number of hydrogen-bond acceptors (Lipinski definition) is 4. The minimum absolute atomic E-state index is 0.158. The number of carbonyl (C=O) groups excluding carboxylic acids is 1. The van der Waals surface area contributed by atoms with Crippen LogP contribution < -0.4 is 14.5 Å². The first-order valence-electron chi connectivity index (χ1n) is 12.1. The summed E-state index contributed by atoms with van der Waals surface area (Å²) in [6, 6.07) is 22.1. The predicted molar refractivity (Wildman–Crippen MR) is 141 cm³/mol. The summed E-state index contributed by atoms with van der Waals surface area (Å²) in [5.74, 6) is -0.359. The van der Waals surface area contributed by atoms with Crippen LogP contribution in [-0.4, -0.2) is 34.0 Å². The molecular formula is C28H33N3O3S. The van der Waals surface area contributed by atoms with Gasteiger partial charge in [0.25, 0.3) is 10.0 Å². The van der Waals surface area contributed by atoms with E-state index in [-0.39, 0.29) is 17.3 Å². The fraction of sp³-hybridized carbons (Fsp3) is 0.321. The van der Waals surface area contributed by atoms with Crippen molar-refractivity contribution in [3.05, 3.63) is 89.5 Å². The number of aryl methyl sites for hydroxylation is 2. The molecule has 7 heteroatoms. The monoisotopic (exact) mass is 491 g/mol. The van der Waals surface area contributed by atoms with Gasteiger partial charge in [0, 0.05) is 25.3 Å². The third kappa shape index (κ3) is 6.22. The number of nitrogens with zero attached hydrogens (tertiary/aromatic N) is 2. The lowest BCUT2D eigenvalue weighted by Gasteiger charge is -2.28. The quantitative estimate of drug-likeness (QED) is 0.491. The average Bonchev–Trinajstić information content (AvgIpc) is 2.87. The highest BCUT2D eigenvalue weighted by Gasteiger charge is 2.27. The van der Waals surface area contributed by atoms with Crippen molar-refractivity contribution in [2.24, 2.45) is 0 Å². The van der Waals surface area contributed by atoms with Gasteiger partial charge in [0.1, 0.15) is 6.54 Å². The number of anilines is 2. The Kier molecular flexibility index (Phi) is 7.76. The third-order valence-electron chi connectivity index (χ3n) is 6.33. The van der Waals surface area contributed by atoms with Crippen molar-refractivity contribution in [3.63, 3.8) is 0 Å². The first-order chi connectivity index (χ1) is 16.8. The van der Waals surface area contributed by atoms with Crippen LogP contribution in [0.15, 0.2) is 77.7 Å². The number of nitrogens with one attached hydrogen (secondary N) is 1. The zero-order valence-electron chi connectivity index (χ0n) is 20.4. The van der Waals surface area contributed by atoms with Crippen molar-refractivity contribution < 1.29 is 13.2 Å². The second-order valence-corrected chi connectivity index (χ2v) is 11.0.